The van der Waals surface area contributed by atoms with Crippen LogP contribution >= 0.6 is 11.3 Å². The largest absolute Gasteiger partial charge is 0.416 e. The molecule has 0 atom stereocenters. The van der Waals surface area contributed by atoms with Crippen LogP contribution in [0, 0.1) is 0 Å². The molecule has 0 saturated heterocycles. The normalized spacial score (nSPS) is 12.1. The summed E-state index contributed by atoms with van der Waals surface area (Å²) in [4.78, 5) is 19.8. The molecule has 152 valence electrons. The molecule has 0 spiro atoms. The van der Waals surface area contributed by atoms with Gasteiger partial charge in [0.1, 0.15) is 5.01 Å². The van der Waals surface area contributed by atoms with E-state index >= 15 is 0 Å². The Labute approximate surface area is 163 Å². The predicted octanol–water partition coefficient (Wildman–Crippen LogP) is 5.55. The SMILES string of the molecule is NOC(=O)c1cccc(-c2nc(-c3cc(C(F)(F)F)cc(C(F)(F)F)c3)cs2)c1. The fraction of sp³-hybridized carbons (Fsp3) is 0.111. The van der Waals surface area contributed by atoms with Crippen LogP contribution in [0.25, 0.3) is 21.8 Å². The average Bonchev–Trinajstić information content (AvgIpc) is 3.16. The van der Waals surface area contributed by atoms with Crippen molar-refractivity contribution < 1.29 is 36.0 Å². The lowest BCUT2D eigenvalue weighted by atomic mass is 10.0. The zero-order valence-corrected chi connectivity index (χ0v) is 15.0. The Morgan fingerprint density at radius 2 is 1.55 bits per heavy atom. The smallest absolute Gasteiger partial charge is 0.370 e. The molecule has 0 aliphatic rings. The molecule has 2 N–H and O–H groups in total. The summed E-state index contributed by atoms with van der Waals surface area (Å²) < 4.78 is 78.2. The zero-order chi connectivity index (χ0) is 21.4. The van der Waals surface area contributed by atoms with E-state index in [0.29, 0.717) is 17.7 Å². The number of alkyl halides is 6. The maximum atomic E-state index is 13.0. The number of nitrogens with zero attached hydrogens (tertiary/aromatic N) is 1. The first kappa shape index (κ1) is 20.8. The highest BCUT2D eigenvalue weighted by molar-refractivity contribution is 7.13. The highest BCUT2D eigenvalue weighted by atomic mass is 32.1. The summed E-state index contributed by atoms with van der Waals surface area (Å²) in [6.07, 6.45) is -9.91. The summed E-state index contributed by atoms with van der Waals surface area (Å²) in [6, 6.07) is 7.17. The first-order valence-corrected chi connectivity index (χ1v) is 8.64. The van der Waals surface area contributed by atoms with Gasteiger partial charge in [-0.1, -0.05) is 12.1 Å². The number of hydrogen-bond acceptors (Lipinski definition) is 5. The molecular weight excluding hydrogens is 422 g/mol. The lowest BCUT2D eigenvalue weighted by Gasteiger charge is -2.13. The minimum atomic E-state index is -4.95. The second-order valence-corrected chi connectivity index (χ2v) is 6.68. The molecule has 0 amide bonds. The quantitative estimate of drug-likeness (QED) is 0.436. The van der Waals surface area contributed by atoms with Crippen LogP contribution in [0.5, 0.6) is 0 Å². The van der Waals surface area contributed by atoms with Crippen LogP contribution in [0.15, 0.2) is 47.8 Å². The minimum Gasteiger partial charge on any atom is -0.370 e. The van der Waals surface area contributed by atoms with E-state index in [1.807, 2.05) is 0 Å². The zero-order valence-electron chi connectivity index (χ0n) is 14.1. The van der Waals surface area contributed by atoms with Gasteiger partial charge in [-0.25, -0.2) is 9.78 Å². The third-order valence-corrected chi connectivity index (χ3v) is 4.73. The molecule has 1 heterocycles. The molecule has 0 aliphatic carbocycles. The van der Waals surface area contributed by atoms with Gasteiger partial charge in [0.05, 0.1) is 22.4 Å². The number of carbonyl (C=O) groups is 1. The first-order valence-electron chi connectivity index (χ1n) is 7.76. The molecule has 11 heteroatoms. The second-order valence-electron chi connectivity index (χ2n) is 5.82. The van der Waals surface area contributed by atoms with Gasteiger partial charge in [-0.15, -0.1) is 11.3 Å². The van der Waals surface area contributed by atoms with Crippen molar-refractivity contribution in [2.24, 2.45) is 5.90 Å². The Morgan fingerprint density at radius 3 is 2.10 bits per heavy atom. The third kappa shape index (κ3) is 4.57. The summed E-state index contributed by atoms with van der Waals surface area (Å²) in [6.45, 7) is 0. The van der Waals surface area contributed by atoms with Gasteiger partial charge in [0, 0.05) is 16.5 Å². The summed E-state index contributed by atoms with van der Waals surface area (Å²) in [5.41, 5.74) is -2.71. The van der Waals surface area contributed by atoms with E-state index in [1.54, 1.807) is 6.07 Å². The monoisotopic (exact) mass is 432 g/mol. The van der Waals surface area contributed by atoms with Crippen LogP contribution in [-0.4, -0.2) is 11.0 Å². The maximum absolute atomic E-state index is 13.0. The lowest BCUT2D eigenvalue weighted by Crippen LogP contribution is -2.11. The number of thiazole rings is 1. The summed E-state index contributed by atoms with van der Waals surface area (Å²) >= 11 is 0.995. The number of aromatic nitrogens is 1. The van der Waals surface area contributed by atoms with Gasteiger partial charge in [0.15, 0.2) is 0 Å². The van der Waals surface area contributed by atoms with Crippen LogP contribution in [0.4, 0.5) is 26.3 Å². The maximum Gasteiger partial charge on any atom is 0.416 e. The highest BCUT2D eigenvalue weighted by Gasteiger charge is 2.37. The number of rotatable bonds is 3. The molecule has 1 aromatic heterocycles. The van der Waals surface area contributed by atoms with Gasteiger partial charge in [-0.3, -0.25) is 0 Å². The van der Waals surface area contributed by atoms with Crippen molar-refractivity contribution >= 4 is 17.3 Å². The Kier molecular flexibility index (Phi) is 5.37. The van der Waals surface area contributed by atoms with Gasteiger partial charge in [0.2, 0.25) is 0 Å². The van der Waals surface area contributed by atoms with Gasteiger partial charge in [0.25, 0.3) is 0 Å². The van der Waals surface area contributed by atoms with Crippen molar-refractivity contribution in [1.29, 1.82) is 0 Å². The number of halogens is 6. The van der Waals surface area contributed by atoms with Crippen molar-refractivity contribution in [3.05, 3.63) is 64.5 Å². The molecule has 0 unspecified atom stereocenters. The average molecular weight is 432 g/mol. The fourth-order valence-corrected chi connectivity index (χ4v) is 3.32. The van der Waals surface area contributed by atoms with Gasteiger partial charge in [-0.2, -0.15) is 32.2 Å². The topological polar surface area (TPSA) is 65.2 Å². The molecule has 2 aromatic carbocycles. The Bertz CT molecular complexity index is 1030. The van der Waals surface area contributed by atoms with Gasteiger partial charge >= 0.3 is 18.3 Å². The van der Waals surface area contributed by atoms with Crippen molar-refractivity contribution in [3.63, 3.8) is 0 Å². The summed E-state index contributed by atoms with van der Waals surface area (Å²) in [5.74, 6) is 4.02. The molecule has 0 radical (unpaired) electrons. The molecule has 3 aromatic rings. The van der Waals surface area contributed by atoms with E-state index in [0.717, 1.165) is 11.3 Å². The summed E-state index contributed by atoms with van der Waals surface area (Å²) in [7, 11) is 0. The van der Waals surface area contributed by atoms with E-state index in [9.17, 15) is 31.1 Å². The fourth-order valence-electron chi connectivity index (χ4n) is 2.49. The molecule has 0 fully saturated rings. The highest BCUT2D eigenvalue weighted by Crippen LogP contribution is 2.39. The van der Waals surface area contributed by atoms with Crippen LogP contribution in [0.3, 0.4) is 0 Å². The molecule has 29 heavy (non-hydrogen) atoms. The number of hydrogen-bond donors (Lipinski definition) is 1. The molecule has 4 nitrogen and oxygen atoms in total. The Balaban J connectivity index is 2.06. The van der Waals surface area contributed by atoms with E-state index in [1.165, 1.54) is 23.6 Å². The van der Waals surface area contributed by atoms with Crippen LogP contribution < -0.4 is 5.90 Å². The minimum absolute atomic E-state index is 0.0542. The number of nitrogens with two attached hydrogens (primary N) is 1. The summed E-state index contributed by atoms with van der Waals surface area (Å²) in [5, 5.41) is 1.62. The first-order chi connectivity index (χ1) is 13.5. The van der Waals surface area contributed by atoms with E-state index in [2.05, 4.69) is 9.82 Å². The van der Waals surface area contributed by atoms with Crippen molar-refractivity contribution in [2.45, 2.75) is 12.4 Å². The van der Waals surface area contributed by atoms with Crippen LogP contribution in [0.2, 0.25) is 0 Å². The molecular formula is C18H10F6N2O2S. The molecule has 0 bridgehead atoms. The van der Waals surface area contributed by atoms with Crippen LogP contribution in [0.1, 0.15) is 21.5 Å². The molecule has 0 saturated carbocycles. The van der Waals surface area contributed by atoms with E-state index < -0.39 is 29.4 Å². The van der Waals surface area contributed by atoms with Gasteiger partial charge < -0.3 is 4.84 Å². The number of benzene rings is 2. The standard InChI is InChI=1S/C18H10F6N2O2S/c19-17(20,21)12-5-11(6-13(7-12)18(22,23)24)14-8-29-15(26-14)9-2-1-3-10(4-9)16(27)28-25/h1-8H,25H2. The Morgan fingerprint density at radius 1 is 0.931 bits per heavy atom. The van der Waals surface area contributed by atoms with Crippen molar-refractivity contribution in [3.8, 4) is 21.8 Å². The van der Waals surface area contributed by atoms with Crippen molar-refractivity contribution in [1.82, 2.24) is 4.98 Å². The van der Waals surface area contributed by atoms with E-state index in [4.69, 9.17) is 5.90 Å². The van der Waals surface area contributed by atoms with Gasteiger partial charge in [-0.05, 0) is 30.3 Å². The number of carbonyl (C=O) groups excluding carboxylic acids is 1. The van der Waals surface area contributed by atoms with Crippen molar-refractivity contribution in [2.75, 3.05) is 0 Å². The predicted molar refractivity (Wildman–Crippen MR) is 92.6 cm³/mol. The second kappa shape index (κ2) is 7.48. The van der Waals surface area contributed by atoms with E-state index in [-0.39, 0.29) is 27.9 Å². The van der Waals surface area contributed by atoms with Crippen LogP contribution in [-0.2, 0) is 17.2 Å². The Hall–Kier alpha value is -2.92. The molecule has 0 aliphatic heterocycles. The lowest BCUT2D eigenvalue weighted by molar-refractivity contribution is -0.143. The molecule has 3 rings (SSSR count). The third-order valence-electron chi connectivity index (χ3n) is 3.84.